The van der Waals surface area contributed by atoms with Crippen LogP contribution in [-0.2, 0) is 9.53 Å². The van der Waals surface area contributed by atoms with Crippen molar-refractivity contribution in [2.75, 3.05) is 14.2 Å². The van der Waals surface area contributed by atoms with Gasteiger partial charge in [0.15, 0.2) is 5.70 Å². The first-order valence-electron chi connectivity index (χ1n) is 7.11. The minimum Gasteiger partial charge on any atom is -0.497 e. The molecule has 2 aromatic rings. The fourth-order valence-electron chi connectivity index (χ4n) is 2.25. The lowest BCUT2D eigenvalue weighted by Gasteiger charge is -2.07. The highest BCUT2D eigenvalue weighted by molar-refractivity contribution is 6.12. The van der Waals surface area contributed by atoms with E-state index in [4.69, 9.17) is 14.2 Å². The second-order valence-corrected chi connectivity index (χ2v) is 4.95. The molecule has 0 aromatic heterocycles. The molecule has 0 spiro atoms. The van der Waals surface area contributed by atoms with Gasteiger partial charge in [-0.2, -0.15) is 0 Å². The van der Waals surface area contributed by atoms with Gasteiger partial charge >= 0.3 is 5.97 Å². The molecule has 0 radical (unpaired) electrons. The van der Waals surface area contributed by atoms with Gasteiger partial charge in [-0.25, -0.2) is 14.2 Å². The molecule has 0 saturated carbocycles. The van der Waals surface area contributed by atoms with Crippen LogP contribution in [0.3, 0.4) is 0 Å². The highest BCUT2D eigenvalue weighted by atomic mass is 19.1. The van der Waals surface area contributed by atoms with E-state index in [0.29, 0.717) is 22.6 Å². The minimum atomic E-state index is -0.612. The van der Waals surface area contributed by atoms with Crippen LogP contribution < -0.4 is 9.47 Å². The number of hydrogen-bond acceptors (Lipinski definition) is 5. The highest BCUT2D eigenvalue weighted by Crippen LogP contribution is 2.28. The molecule has 122 valence electrons. The van der Waals surface area contributed by atoms with Crippen molar-refractivity contribution in [3.63, 3.8) is 0 Å². The third-order valence-electron chi connectivity index (χ3n) is 3.42. The third-order valence-corrected chi connectivity index (χ3v) is 3.42. The van der Waals surface area contributed by atoms with Crippen LogP contribution in [0.1, 0.15) is 11.1 Å². The first kappa shape index (κ1) is 15.7. The molecule has 0 fully saturated rings. The number of benzene rings is 2. The second kappa shape index (κ2) is 6.54. The average Bonchev–Trinajstić information content (AvgIpc) is 2.95. The lowest BCUT2D eigenvalue weighted by Crippen LogP contribution is -2.05. The Morgan fingerprint density at radius 1 is 1.12 bits per heavy atom. The average molecular weight is 327 g/mol. The topological polar surface area (TPSA) is 57.1 Å². The maximum Gasteiger partial charge on any atom is 0.363 e. The van der Waals surface area contributed by atoms with E-state index in [-0.39, 0.29) is 11.6 Å². The number of methoxy groups -OCH3 is 2. The van der Waals surface area contributed by atoms with Crippen LogP contribution in [-0.4, -0.2) is 26.1 Å². The zero-order chi connectivity index (χ0) is 17.1. The second-order valence-electron chi connectivity index (χ2n) is 4.95. The first-order valence-corrected chi connectivity index (χ1v) is 7.11. The Labute approximate surface area is 138 Å². The van der Waals surface area contributed by atoms with Crippen LogP contribution in [0.2, 0.25) is 0 Å². The first-order chi connectivity index (χ1) is 11.6. The van der Waals surface area contributed by atoms with Crippen LogP contribution in [0, 0.1) is 5.82 Å². The Kier molecular flexibility index (Phi) is 4.29. The molecule has 0 unspecified atom stereocenters. The zero-order valence-corrected chi connectivity index (χ0v) is 13.1. The standard InChI is InChI=1S/C18H14FNO4/c1-22-14-6-7-16(23-2)12(9-14)10-15-18(21)24-17(20-15)11-4-3-5-13(19)8-11/h3-10H,1-2H3. The summed E-state index contributed by atoms with van der Waals surface area (Å²) in [4.78, 5) is 16.2. The molecule has 1 heterocycles. The Morgan fingerprint density at radius 3 is 2.67 bits per heavy atom. The van der Waals surface area contributed by atoms with Crippen molar-refractivity contribution >= 4 is 17.9 Å². The summed E-state index contributed by atoms with van der Waals surface area (Å²) in [6.07, 6.45) is 1.54. The van der Waals surface area contributed by atoms with Crippen molar-refractivity contribution in [3.8, 4) is 11.5 Å². The predicted octanol–water partition coefficient (Wildman–Crippen LogP) is 3.19. The minimum absolute atomic E-state index is 0.0626. The number of aliphatic imine (C=N–C) groups is 1. The van der Waals surface area contributed by atoms with Gasteiger partial charge in [-0.15, -0.1) is 0 Å². The molecule has 1 aliphatic rings. The summed E-state index contributed by atoms with van der Waals surface area (Å²) in [5, 5.41) is 0. The van der Waals surface area contributed by atoms with Crippen molar-refractivity contribution in [2.45, 2.75) is 0 Å². The van der Waals surface area contributed by atoms with Crippen molar-refractivity contribution in [3.05, 3.63) is 65.1 Å². The van der Waals surface area contributed by atoms with Gasteiger partial charge in [0.2, 0.25) is 5.90 Å². The molecular formula is C18H14FNO4. The number of halogens is 1. The summed E-state index contributed by atoms with van der Waals surface area (Å²) in [6.45, 7) is 0. The summed E-state index contributed by atoms with van der Waals surface area (Å²) in [5.41, 5.74) is 1.11. The smallest absolute Gasteiger partial charge is 0.363 e. The van der Waals surface area contributed by atoms with Gasteiger partial charge < -0.3 is 14.2 Å². The summed E-state index contributed by atoms with van der Waals surface area (Å²) >= 11 is 0. The van der Waals surface area contributed by atoms with Gasteiger partial charge in [0.05, 0.1) is 14.2 Å². The zero-order valence-electron chi connectivity index (χ0n) is 13.1. The Morgan fingerprint density at radius 2 is 1.96 bits per heavy atom. The largest absolute Gasteiger partial charge is 0.497 e. The van der Waals surface area contributed by atoms with Gasteiger partial charge in [0.25, 0.3) is 0 Å². The van der Waals surface area contributed by atoms with Gasteiger partial charge in [0.1, 0.15) is 17.3 Å². The van der Waals surface area contributed by atoms with E-state index in [1.807, 2.05) is 0 Å². The number of carbonyl (C=O) groups is 1. The van der Waals surface area contributed by atoms with Crippen LogP contribution in [0.4, 0.5) is 4.39 Å². The number of hydrogen-bond donors (Lipinski definition) is 0. The van der Waals surface area contributed by atoms with Gasteiger partial charge in [-0.05, 0) is 42.5 Å². The number of ether oxygens (including phenoxy) is 3. The lowest BCUT2D eigenvalue weighted by molar-refractivity contribution is -0.129. The summed E-state index contributed by atoms with van der Waals surface area (Å²) in [6, 6.07) is 10.9. The van der Waals surface area contributed by atoms with Crippen LogP contribution in [0.5, 0.6) is 11.5 Å². The summed E-state index contributed by atoms with van der Waals surface area (Å²) in [5.74, 6) is 0.193. The van der Waals surface area contributed by atoms with Crippen molar-refractivity contribution in [2.24, 2.45) is 4.99 Å². The van der Waals surface area contributed by atoms with E-state index in [2.05, 4.69) is 4.99 Å². The predicted molar refractivity (Wildman–Crippen MR) is 86.6 cm³/mol. The molecule has 1 aliphatic heterocycles. The van der Waals surface area contributed by atoms with E-state index >= 15 is 0 Å². The third kappa shape index (κ3) is 3.12. The number of rotatable bonds is 4. The molecule has 0 atom stereocenters. The van der Waals surface area contributed by atoms with Crippen molar-refractivity contribution < 1.29 is 23.4 Å². The molecule has 5 nitrogen and oxygen atoms in total. The van der Waals surface area contributed by atoms with E-state index < -0.39 is 11.8 Å². The molecule has 3 rings (SSSR count). The highest BCUT2D eigenvalue weighted by Gasteiger charge is 2.24. The number of carbonyl (C=O) groups excluding carboxylic acids is 1. The molecule has 24 heavy (non-hydrogen) atoms. The summed E-state index contributed by atoms with van der Waals surface area (Å²) in [7, 11) is 3.07. The maximum absolute atomic E-state index is 13.3. The number of cyclic esters (lactones) is 1. The Bertz CT molecular complexity index is 858. The fourth-order valence-corrected chi connectivity index (χ4v) is 2.25. The molecule has 2 aromatic carbocycles. The van der Waals surface area contributed by atoms with Crippen LogP contribution >= 0.6 is 0 Å². The molecule has 0 aliphatic carbocycles. The van der Waals surface area contributed by atoms with Crippen molar-refractivity contribution in [1.82, 2.24) is 0 Å². The van der Waals surface area contributed by atoms with E-state index in [1.54, 1.807) is 31.4 Å². The molecule has 0 amide bonds. The SMILES string of the molecule is COc1ccc(OC)c(C=C2N=C(c3cccc(F)c3)OC2=O)c1. The lowest BCUT2D eigenvalue weighted by atomic mass is 10.1. The monoisotopic (exact) mass is 327 g/mol. The Hall–Kier alpha value is -3.15. The molecule has 6 heteroatoms. The van der Waals surface area contributed by atoms with E-state index in [0.717, 1.165) is 0 Å². The van der Waals surface area contributed by atoms with Crippen LogP contribution in [0.15, 0.2) is 53.2 Å². The molecule has 0 N–H and O–H groups in total. The maximum atomic E-state index is 13.3. The van der Waals surface area contributed by atoms with Gasteiger partial charge in [-0.1, -0.05) is 6.07 Å². The van der Waals surface area contributed by atoms with Gasteiger partial charge in [0, 0.05) is 11.1 Å². The fraction of sp³-hybridized carbons (Fsp3) is 0.111. The van der Waals surface area contributed by atoms with E-state index in [9.17, 15) is 9.18 Å². The van der Waals surface area contributed by atoms with Gasteiger partial charge in [-0.3, -0.25) is 0 Å². The number of esters is 1. The van der Waals surface area contributed by atoms with Crippen molar-refractivity contribution in [1.29, 1.82) is 0 Å². The quantitative estimate of drug-likeness (QED) is 0.639. The molecule has 0 saturated heterocycles. The Balaban J connectivity index is 2.00. The van der Waals surface area contributed by atoms with E-state index in [1.165, 1.54) is 31.4 Å². The normalized spacial score (nSPS) is 15.2. The summed E-state index contributed by atoms with van der Waals surface area (Å²) < 4.78 is 28.9. The molecular weight excluding hydrogens is 313 g/mol. The van der Waals surface area contributed by atoms with Crippen LogP contribution in [0.25, 0.3) is 6.08 Å². The number of nitrogens with zero attached hydrogens (tertiary/aromatic N) is 1. The molecule has 0 bridgehead atoms.